The summed E-state index contributed by atoms with van der Waals surface area (Å²) in [5, 5.41) is 4.07. The maximum atomic E-state index is 13.5. The van der Waals surface area contributed by atoms with Crippen LogP contribution in [0.15, 0.2) is 34.9 Å². The van der Waals surface area contributed by atoms with E-state index in [1.807, 2.05) is 22.8 Å². The van der Waals surface area contributed by atoms with E-state index >= 15 is 0 Å². The van der Waals surface area contributed by atoms with Gasteiger partial charge in [-0.25, -0.2) is 9.78 Å². The van der Waals surface area contributed by atoms with E-state index in [-0.39, 0.29) is 11.9 Å². The number of aryl methyl sites for hydroxylation is 3. The van der Waals surface area contributed by atoms with Crippen molar-refractivity contribution < 1.29 is 14.1 Å². The van der Waals surface area contributed by atoms with Gasteiger partial charge in [0.1, 0.15) is 18.2 Å². The average molecular weight is 487 g/mol. The molecule has 2 amide bonds. The topological polar surface area (TPSA) is 100 Å². The Hall–Kier alpha value is -3.88. The van der Waals surface area contributed by atoms with Gasteiger partial charge in [0.2, 0.25) is 5.89 Å². The van der Waals surface area contributed by atoms with E-state index in [0.717, 1.165) is 63.5 Å². The Morgan fingerprint density at radius 3 is 2.61 bits per heavy atom. The summed E-state index contributed by atoms with van der Waals surface area (Å²) in [7, 11) is 0. The van der Waals surface area contributed by atoms with Crippen LogP contribution in [0, 0.1) is 20.8 Å². The molecule has 2 aliphatic rings. The third-order valence-electron chi connectivity index (χ3n) is 7.20. The summed E-state index contributed by atoms with van der Waals surface area (Å²) >= 11 is 0. The predicted molar refractivity (Wildman–Crippen MR) is 135 cm³/mol. The van der Waals surface area contributed by atoms with Crippen LogP contribution in [-0.2, 0) is 6.54 Å². The van der Waals surface area contributed by atoms with Crippen molar-refractivity contribution in [2.24, 2.45) is 0 Å². The van der Waals surface area contributed by atoms with Gasteiger partial charge in [0, 0.05) is 31.5 Å². The zero-order valence-corrected chi connectivity index (χ0v) is 20.9. The SMILES string of the molecule is Cc1nc2ccc(-c3cc(C)c4c(c3)CN(C(=O)N3CCC(c5noc(C)n5)CC3)CCO4)cc2[nH]1. The van der Waals surface area contributed by atoms with Gasteiger partial charge < -0.3 is 24.0 Å². The van der Waals surface area contributed by atoms with E-state index in [2.05, 4.69) is 51.3 Å². The van der Waals surface area contributed by atoms with Gasteiger partial charge in [-0.15, -0.1) is 0 Å². The summed E-state index contributed by atoms with van der Waals surface area (Å²) in [5.74, 6) is 3.36. The minimum atomic E-state index is 0.0617. The Morgan fingerprint density at radius 2 is 1.83 bits per heavy atom. The number of ether oxygens (including phenoxy) is 1. The quantitative estimate of drug-likeness (QED) is 0.440. The Kier molecular flexibility index (Phi) is 5.62. The summed E-state index contributed by atoms with van der Waals surface area (Å²) in [6.07, 6.45) is 1.68. The van der Waals surface area contributed by atoms with Crippen LogP contribution in [0.2, 0.25) is 0 Å². The molecule has 0 saturated carbocycles. The largest absolute Gasteiger partial charge is 0.491 e. The number of nitrogens with one attached hydrogen (secondary N) is 1. The van der Waals surface area contributed by atoms with Gasteiger partial charge in [-0.05, 0) is 67.6 Å². The molecule has 0 bridgehead atoms. The van der Waals surface area contributed by atoms with Gasteiger partial charge in [-0.3, -0.25) is 0 Å². The van der Waals surface area contributed by atoms with Crippen molar-refractivity contribution in [2.45, 2.75) is 46.1 Å². The predicted octanol–water partition coefficient (Wildman–Crippen LogP) is 4.73. The number of likely N-dealkylation sites (tertiary alicyclic amines) is 1. The molecular formula is C27H30N6O3. The van der Waals surface area contributed by atoms with Crippen LogP contribution in [0.25, 0.3) is 22.2 Å². The molecule has 1 saturated heterocycles. The van der Waals surface area contributed by atoms with Gasteiger partial charge in [0.15, 0.2) is 5.82 Å². The van der Waals surface area contributed by atoms with Gasteiger partial charge >= 0.3 is 6.03 Å². The molecule has 9 nitrogen and oxygen atoms in total. The highest BCUT2D eigenvalue weighted by atomic mass is 16.5. The van der Waals surface area contributed by atoms with E-state index in [1.54, 1.807) is 6.92 Å². The van der Waals surface area contributed by atoms with Gasteiger partial charge in [0.25, 0.3) is 0 Å². The van der Waals surface area contributed by atoms with E-state index in [1.165, 1.54) is 0 Å². The highest BCUT2D eigenvalue weighted by Crippen LogP contribution is 2.34. The zero-order chi connectivity index (χ0) is 24.8. The number of H-pyrrole nitrogens is 1. The second-order valence-corrected chi connectivity index (χ2v) is 9.82. The summed E-state index contributed by atoms with van der Waals surface area (Å²) in [6.45, 7) is 8.78. The molecule has 9 heteroatoms. The van der Waals surface area contributed by atoms with Crippen LogP contribution in [0.4, 0.5) is 4.79 Å². The molecule has 186 valence electrons. The molecule has 4 heterocycles. The molecule has 2 aromatic heterocycles. The number of carbonyl (C=O) groups is 1. The zero-order valence-electron chi connectivity index (χ0n) is 20.9. The first kappa shape index (κ1) is 22.6. The molecule has 0 atom stereocenters. The van der Waals surface area contributed by atoms with Gasteiger partial charge in [-0.2, -0.15) is 4.98 Å². The summed E-state index contributed by atoms with van der Waals surface area (Å²) in [4.78, 5) is 29.6. The number of nitrogens with zero attached hydrogens (tertiary/aromatic N) is 5. The first-order chi connectivity index (χ1) is 17.4. The molecule has 6 rings (SSSR count). The molecule has 2 aliphatic heterocycles. The molecular weight excluding hydrogens is 456 g/mol. The van der Waals surface area contributed by atoms with Crippen molar-refractivity contribution in [2.75, 3.05) is 26.2 Å². The standard InChI is InChI=1S/C27H30N6O3/c1-16-12-21(20-4-5-23-24(14-20)29-17(2)28-23)13-22-15-33(10-11-35-25(16)22)27(34)32-8-6-19(7-9-32)26-30-18(3)36-31-26/h4-5,12-14,19H,6-11,15H2,1-3H3,(H,28,29). The number of fused-ring (bicyclic) bond motifs is 2. The number of carbonyl (C=O) groups excluding carboxylic acids is 1. The maximum absolute atomic E-state index is 13.5. The minimum absolute atomic E-state index is 0.0617. The Labute approximate surface area is 209 Å². The van der Waals surface area contributed by atoms with Crippen LogP contribution in [0.5, 0.6) is 5.75 Å². The lowest BCUT2D eigenvalue weighted by Crippen LogP contribution is -2.46. The first-order valence-corrected chi connectivity index (χ1v) is 12.5. The number of hydrogen-bond acceptors (Lipinski definition) is 6. The molecule has 4 aromatic rings. The lowest BCUT2D eigenvalue weighted by molar-refractivity contribution is 0.133. The third-order valence-corrected chi connectivity index (χ3v) is 7.20. The lowest BCUT2D eigenvalue weighted by atomic mass is 9.96. The van der Waals surface area contributed by atoms with Gasteiger partial charge in [-0.1, -0.05) is 11.2 Å². The highest BCUT2D eigenvalue weighted by molar-refractivity contribution is 5.82. The number of piperidine rings is 1. The van der Waals surface area contributed by atoms with Crippen LogP contribution >= 0.6 is 0 Å². The van der Waals surface area contributed by atoms with E-state index in [4.69, 9.17) is 9.26 Å². The number of imidazole rings is 1. The van der Waals surface area contributed by atoms with E-state index in [0.29, 0.717) is 38.7 Å². The Morgan fingerprint density at radius 1 is 1.00 bits per heavy atom. The van der Waals surface area contributed by atoms with Crippen molar-refractivity contribution >= 4 is 17.1 Å². The number of hydrogen-bond donors (Lipinski definition) is 1. The Balaban J connectivity index is 1.21. The molecule has 0 unspecified atom stereocenters. The van der Waals surface area contributed by atoms with Crippen LogP contribution in [0.1, 0.15) is 47.4 Å². The molecule has 0 aliphatic carbocycles. The number of rotatable bonds is 2. The van der Waals surface area contributed by atoms with Gasteiger partial charge in [0.05, 0.1) is 24.1 Å². The molecule has 2 aromatic carbocycles. The minimum Gasteiger partial charge on any atom is -0.491 e. The van der Waals surface area contributed by atoms with Crippen molar-refractivity contribution in [3.63, 3.8) is 0 Å². The molecule has 1 fully saturated rings. The summed E-state index contributed by atoms with van der Waals surface area (Å²) < 4.78 is 11.3. The maximum Gasteiger partial charge on any atom is 0.320 e. The fourth-order valence-electron chi connectivity index (χ4n) is 5.37. The third kappa shape index (κ3) is 4.19. The fourth-order valence-corrected chi connectivity index (χ4v) is 5.37. The molecule has 1 N–H and O–H groups in total. The number of aromatic nitrogens is 4. The van der Waals surface area contributed by atoms with Crippen molar-refractivity contribution in [1.82, 2.24) is 29.9 Å². The van der Waals surface area contributed by atoms with Crippen molar-refractivity contribution in [3.05, 3.63) is 59.0 Å². The van der Waals surface area contributed by atoms with Crippen molar-refractivity contribution in [1.29, 1.82) is 0 Å². The first-order valence-electron chi connectivity index (χ1n) is 12.5. The normalized spacial score (nSPS) is 16.6. The van der Waals surface area contributed by atoms with Crippen LogP contribution in [-0.4, -0.2) is 62.2 Å². The Bertz CT molecular complexity index is 1430. The number of urea groups is 1. The highest BCUT2D eigenvalue weighted by Gasteiger charge is 2.30. The van der Waals surface area contributed by atoms with Crippen LogP contribution < -0.4 is 4.74 Å². The monoisotopic (exact) mass is 486 g/mol. The molecule has 0 radical (unpaired) electrons. The summed E-state index contributed by atoms with van der Waals surface area (Å²) in [6, 6.07) is 10.6. The van der Waals surface area contributed by atoms with E-state index < -0.39 is 0 Å². The van der Waals surface area contributed by atoms with Crippen LogP contribution in [0.3, 0.4) is 0 Å². The number of amides is 2. The average Bonchev–Trinajstić information content (AvgIpc) is 3.40. The molecule has 0 spiro atoms. The summed E-state index contributed by atoms with van der Waals surface area (Å²) in [5.41, 5.74) is 6.31. The van der Waals surface area contributed by atoms with E-state index in [9.17, 15) is 4.79 Å². The molecule has 36 heavy (non-hydrogen) atoms. The number of benzene rings is 2. The van der Waals surface area contributed by atoms with Crippen molar-refractivity contribution in [3.8, 4) is 16.9 Å². The second-order valence-electron chi connectivity index (χ2n) is 9.82. The lowest BCUT2D eigenvalue weighted by Gasteiger charge is -2.34. The number of aromatic amines is 1. The fraction of sp³-hybridized carbons (Fsp3) is 0.407. The second kappa shape index (κ2) is 8.96. The smallest absolute Gasteiger partial charge is 0.320 e.